The van der Waals surface area contributed by atoms with Crippen LogP contribution in [0.2, 0.25) is 0 Å². The number of fused-ring (bicyclic) bond motifs is 1. The van der Waals surface area contributed by atoms with E-state index in [0.717, 1.165) is 17.6 Å². The van der Waals surface area contributed by atoms with E-state index in [2.05, 4.69) is 29.2 Å². The van der Waals surface area contributed by atoms with Gasteiger partial charge in [-0.25, -0.2) is 4.52 Å². The van der Waals surface area contributed by atoms with Crippen molar-refractivity contribution in [2.45, 2.75) is 33.2 Å². The standard InChI is InChI=1S/C13H20N4O/c1-9(2)6-11(8-18)14-13-15-12-5-4-10(3)7-17(12)16-13/h4-5,7,9,11,18H,6,8H2,1-3H3,(H,14,16). The van der Waals surface area contributed by atoms with Gasteiger partial charge in [-0.2, -0.15) is 4.98 Å². The molecule has 2 aromatic heterocycles. The lowest BCUT2D eigenvalue weighted by molar-refractivity contribution is 0.259. The van der Waals surface area contributed by atoms with Crippen molar-refractivity contribution in [3.05, 3.63) is 23.9 Å². The molecule has 2 N–H and O–H groups in total. The van der Waals surface area contributed by atoms with E-state index >= 15 is 0 Å². The second-order valence-corrected chi connectivity index (χ2v) is 5.10. The molecule has 0 aliphatic heterocycles. The van der Waals surface area contributed by atoms with E-state index in [1.165, 1.54) is 0 Å². The number of aryl methyl sites for hydroxylation is 1. The largest absolute Gasteiger partial charge is 0.394 e. The number of anilines is 1. The molecule has 0 spiro atoms. The maximum absolute atomic E-state index is 9.33. The number of nitrogens with one attached hydrogen (secondary N) is 1. The second-order valence-electron chi connectivity index (χ2n) is 5.10. The van der Waals surface area contributed by atoms with Gasteiger partial charge in [0.05, 0.1) is 12.6 Å². The Balaban J connectivity index is 2.15. The third kappa shape index (κ3) is 2.98. The zero-order valence-electron chi connectivity index (χ0n) is 11.1. The molecule has 5 heteroatoms. The molecule has 0 saturated carbocycles. The molecule has 0 bridgehead atoms. The van der Waals surface area contributed by atoms with Gasteiger partial charge in [-0.1, -0.05) is 19.9 Å². The molecule has 2 heterocycles. The van der Waals surface area contributed by atoms with Gasteiger partial charge in [0.15, 0.2) is 5.65 Å². The van der Waals surface area contributed by atoms with Crippen LogP contribution in [-0.4, -0.2) is 32.4 Å². The predicted octanol–water partition coefficient (Wildman–Crippen LogP) is 1.86. The van der Waals surface area contributed by atoms with Gasteiger partial charge in [-0.15, -0.1) is 5.10 Å². The van der Waals surface area contributed by atoms with E-state index < -0.39 is 0 Å². The number of hydrogen-bond acceptors (Lipinski definition) is 4. The van der Waals surface area contributed by atoms with Crippen LogP contribution in [0.15, 0.2) is 18.3 Å². The number of aliphatic hydroxyl groups excluding tert-OH is 1. The number of rotatable bonds is 5. The van der Waals surface area contributed by atoms with Gasteiger partial charge in [0, 0.05) is 6.20 Å². The molecule has 0 amide bonds. The average Bonchev–Trinajstić information content (AvgIpc) is 2.68. The van der Waals surface area contributed by atoms with E-state index in [1.807, 2.05) is 25.3 Å². The van der Waals surface area contributed by atoms with E-state index in [1.54, 1.807) is 4.52 Å². The molecule has 0 aliphatic rings. The summed E-state index contributed by atoms with van der Waals surface area (Å²) in [4.78, 5) is 4.38. The fourth-order valence-electron chi connectivity index (χ4n) is 1.98. The first kappa shape index (κ1) is 12.8. The lowest BCUT2D eigenvalue weighted by Gasteiger charge is -2.16. The maximum Gasteiger partial charge on any atom is 0.243 e. The van der Waals surface area contributed by atoms with Gasteiger partial charge in [-0.3, -0.25) is 0 Å². The van der Waals surface area contributed by atoms with E-state index in [-0.39, 0.29) is 12.6 Å². The van der Waals surface area contributed by atoms with Crippen LogP contribution in [0.3, 0.4) is 0 Å². The highest BCUT2D eigenvalue weighted by Crippen LogP contribution is 2.11. The Morgan fingerprint density at radius 3 is 2.83 bits per heavy atom. The molecular weight excluding hydrogens is 228 g/mol. The third-order valence-corrected chi connectivity index (χ3v) is 2.79. The Hall–Kier alpha value is -1.62. The molecule has 0 aromatic carbocycles. The SMILES string of the molecule is Cc1ccc2nc(NC(CO)CC(C)C)nn2c1. The molecule has 0 aliphatic carbocycles. The minimum atomic E-state index is 0.00325. The minimum Gasteiger partial charge on any atom is -0.394 e. The lowest BCUT2D eigenvalue weighted by atomic mass is 10.0. The van der Waals surface area contributed by atoms with Crippen molar-refractivity contribution >= 4 is 11.6 Å². The molecule has 2 rings (SSSR count). The maximum atomic E-state index is 9.33. The fourth-order valence-corrected chi connectivity index (χ4v) is 1.98. The van der Waals surface area contributed by atoms with Crippen LogP contribution in [0, 0.1) is 12.8 Å². The van der Waals surface area contributed by atoms with Crippen LogP contribution in [0.1, 0.15) is 25.8 Å². The van der Waals surface area contributed by atoms with Gasteiger partial charge in [0.25, 0.3) is 0 Å². The predicted molar refractivity (Wildman–Crippen MR) is 71.7 cm³/mol. The molecule has 0 saturated heterocycles. The van der Waals surface area contributed by atoms with Crippen molar-refractivity contribution < 1.29 is 5.11 Å². The number of hydrogen-bond donors (Lipinski definition) is 2. The van der Waals surface area contributed by atoms with Crippen LogP contribution >= 0.6 is 0 Å². The van der Waals surface area contributed by atoms with E-state index in [9.17, 15) is 5.11 Å². The lowest BCUT2D eigenvalue weighted by Crippen LogP contribution is -2.26. The number of aliphatic hydroxyl groups is 1. The summed E-state index contributed by atoms with van der Waals surface area (Å²) in [6.07, 6.45) is 2.83. The van der Waals surface area contributed by atoms with E-state index in [0.29, 0.717) is 11.9 Å². The smallest absolute Gasteiger partial charge is 0.243 e. The molecule has 18 heavy (non-hydrogen) atoms. The summed E-state index contributed by atoms with van der Waals surface area (Å²) in [5.41, 5.74) is 1.95. The van der Waals surface area contributed by atoms with Crippen LogP contribution in [0.5, 0.6) is 0 Å². The third-order valence-electron chi connectivity index (χ3n) is 2.79. The monoisotopic (exact) mass is 248 g/mol. The highest BCUT2D eigenvalue weighted by molar-refractivity contribution is 5.44. The number of aromatic nitrogens is 3. The molecule has 2 aromatic rings. The van der Waals surface area contributed by atoms with Crippen molar-refractivity contribution in [3.63, 3.8) is 0 Å². The molecule has 1 unspecified atom stereocenters. The summed E-state index contributed by atoms with van der Waals surface area (Å²) in [5.74, 6) is 1.09. The summed E-state index contributed by atoms with van der Waals surface area (Å²) in [6.45, 7) is 6.37. The molecule has 5 nitrogen and oxygen atoms in total. The van der Waals surface area contributed by atoms with E-state index in [4.69, 9.17) is 0 Å². The van der Waals surface area contributed by atoms with Crippen molar-refractivity contribution in [1.82, 2.24) is 14.6 Å². The topological polar surface area (TPSA) is 62.5 Å². The summed E-state index contributed by atoms with van der Waals surface area (Å²) in [7, 11) is 0. The first-order valence-electron chi connectivity index (χ1n) is 6.29. The van der Waals surface area contributed by atoms with Crippen LogP contribution in [-0.2, 0) is 0 Å². The molecule has 98 valence electrons. The molecule has 0 radical (unpaired) electrons. The van der Waals surface area contributed by atoms with Crippen molar-refractivity contribution in [1.29, 1.82) is 0 Å². The molecule has 1 atom stereocenters. The zero-order chi connectivity index (χ0) is 13.1. The van der Waals surface area contributed by atoms with Crippen LogP contribution in [0.4, 0.5) is 5.95 Å². The minimum absolute atomic E-state index is 0.00325. The van der Waals surface area contributed by atoms with Crippen LogP contribution in [0.25, 0.3) is 5.65 Å². The second kappa shape index (κ2) is 5.35. The van der Waals surface area contributed by atoms with Gasteiger partial charge in [0.1, 0.15) is 0 Å². The first-order valence-corrected chi connectivity index (χ1v) is 6.29. The Morgan fingerprint density at radius 2 is 2.17 bits per heavy atom. The Morgan fingerprint density at radius 1 is 1.39 bits per heavy atom. The number of nitrogens with zero attached hydrogens (tertiary/aromatic N) is 3. The zero-order valence-corrected chi connectivity index (χ0v) is 11.1. The average molecular weight is 248 g/mol. The Bertz CT molecular complexity index is 521. The Labute approximate surface area is 107 Å². The van der Waals surface area contributed by atoms with Gasteiger partial charge in [0.2, 0.25) is 5.95 Å². The quantitative estimate of drug-likeness (QED) is 0.847. The van der Waals surface area contributed by atoms with Gasteiger partial charge < -0.3 is 10.4 Å². The summed E-state index contributed by atoms with van der Waals surface area (Å²) >= 11 is 0. The van der Waals surface area contributed by atoms with Crippen LogP contribution < -0.4 is 5.32 Å². The summed E-state index contributed by atoms with van der Waals surface area (Å²) < 4.78 is 1.75. The first-order chi connectivity index (χ1) is 8.58. The highest BCUT2D eigenvalue weighted by atomic mass is 16.3. The molecule has 0 fully saturated rings. The van der Waals surface area contributed by atoms with Crippen molar-refractivity contribution in [3.8, 4) is 0 Å². The normalized spacial score (nSPS) is 13.2. The van der Waals surface area contributed by atoms with Gasteiger partial charge in [-0.05, 0) is 30.9 Å². The molecular formula is C13H20N4O. The van der Waals surface area contributed by atoms with Crippen molar-refractivity contribution in [2.24, 2.45) is 5.92 Å². The number of pyridine rings is 1. The van der Waals surface area contributed by atoms with Gasteiger partial charge >= 0.3 is 0 Å². The van der Waals surface area contributed by atoms with Crippen molar-refractivity contribution in [2.75, 3.05) is 11.9 Å². The summed E-state index contributed by atoms with van der Waals surface area (Å²) in [5, 5.41) is 16.9. The highest BCUT2D eigenvalue weighted by Gasteiger charge is 2.12. The Kier molecular flexibility index (Phi) is 3.81. The fraction of sp³-hybridized carbons (Fsp3) is 0.538. The summed E-state index contributed by atoms with van der Waals surface area (Å²) in [6, 6.07) is 3.94.